The van der Waals surface area contributed by atoms with Gasteiger partial charge < -0.3 is 5.32 Å². The number of aryl methyl sites for hydroxylation is 2. The Balaban J connectivity index is 1.62. The highest BCUT2D eigenvalue weighted by atomic mass is 32.1. The fraction of sp³-hybridized carbons (Fsp3) is 0.333. The Hall–Kier alpha value is -1.98. The Morgan fingerprint density at radius 1 is 1.26 bits per heavy atom. The van der Waals surface area contributed by atoms with Crippen LogP contribution in [0.2, 0.25) is 0 Å². The van der Waals surface area contributed by atoms with Crippen molar-refractivity contribution in [3.63, 3.8) is 0 Å². The molecule has 3 aromatic rings. The highest BCUT2D eigenvalue weighted by molar-refractivity contribution is 7.11. The van der Waals surface area contributed by atoms with Crippen LogP contribution >= 0.6 is 11.3 Å². The smallest absolute Gasteiger partial charge is 0.0928 e. The molecule has 2 heterocycles. The van der Waals surface area contributed by atoms with Gasteiger partial charge in [-0.3, -0.25) is 0 Å². The minimum atomic E-state index is 0.318. The minimum absolute atomic E-state index is 0.318. The molecule has 0 fully saturated rings. The van der Waals surface area contributed by atoms with Crippen molar-refractivity contribution in [1.82, 2.24) is 20.1 Å². The Bertz CT molecular complexity index is 744. The molecule has 4 nitrogen and oxygen atoms in total. The van der Waals surface area contributed by atoms with Gasteiger partial charge >= 0.3 is 0 Å². The Morgan fingerprint density at radius 2 is 2.04 bits per heavy atom. The Morgan fingerprint density at radius 3 is 2.65 bits per heavy atom. The number of aromatic nitrogens is 3. The number of nitrogens with one attached hydrogen (secondary N) is 1. The average Bonchev–Trinajstić information content (AvgIpc) is 3.22. The monoisotopic (exact) mass is 326 g/mol. The maximum Gasteiger partial charge on any atom is 0.0928 e. The third kappa shape index (κ3) is 3.68. The van der Waals surface area contributed by atoms with E-state index in [2.05, 4.69) is 60.4 Å². The lowest BCUT2D eigenvalue weighted by Crippen LogP contribution is -2.17. The van der Waals surface area contributed by atoms with Crippen LogP contribution in [0.25, 0.3) is 5.69 Å². The van der Waals surface area contributed by atoms with Crippen LogP contribution in [0.5, 0.6) is 0 Å². The predicted octanol–water partition coefficient (Wildman–Crippen LogP) is 4.05. The van der Waals surface area contributed by atoms with Gasteiger partial charge in [0.15, 0.2) is 0 Å². The van der Waals surface area contributed by atoms with E-state index in [0.717, 1.165) is 24.3 Å². The summed E-state index contributed by atoms with van der Waals surface area (Å²) in [4.78, 5) is 5.96. The topological polar surface area (TPSA) is 42.7 Å². The van der Waals surface area contributed by atoms with E-state index in [1.165, 1.54) is 15.4 Å². The maximum atomic E-state index is 4.61. The first-order valence-corrected chi connectivity index (χ1v) is 8.77. The molecule has 0 radical (unpaired) electrons. The molecule has 0 bridgehead atoms. The van der Waals surface area contributed by atoms with Crippen molar-refractivity contribution in [3.05, 3.63) is 63.9 Å². The molecule has 0 amide bonds. The summed E-state index contributed by atoms with van der Waals surface area (Å²) in [5.74, 6) is 0. The van der Waals surface area contributed by atoms with Gasteiger partial charge in [-0.25, -0.2) is 9.67 Å². The van der Waals surface area contributed by atoms with Crippen LogP contribution in [0.15, 0.2) is 42.7 Å². The summed E-state index contributed by atoms with van der Waals surface area (Å²) >= 11 is 1.82. The maximum absolute atomic E-state index is 4.61. The van der Waals surface area contributed by atoms with E-state index in [1.54, 1.807) is 6.20 Å². The van der Waals surface area contributed by atoms with Gasteiger partial charge in [0, 0.05) is 29.9 Å². The van der Waals surface area contributed by atoms with Crippen molar-refractivity contribution < 1.29 is 0 Å². The summed E-state index contributed by atoms with van der Waals surface area (Å²) in [5.41, 5.74) is 3.50. The first-order valence-electron chi connectivity index (χ1n) is 7.96. The molecule has 0 aliphatic heterocycles. The fourth-order valence-corrected chi connectivity index (χ4v) is 3.60. The Labute approximate surface area is 141 Å². The summed E-state index contributed by atoms with van der Waals surface area (Å²) in [6, 6.07) is 10.7. The number of hydrogen-bond donors (Lipinski definition) is 1. The Kier molecular flexibility index (Phi) is 4.88. The van der Waals surface area contributed by atoms with Crippen LogP contribution in [0.4, 0.5) is 0 Å². The molecule has 1 atom stereocenters. The lowest BCUT2D eigenvalue weighted by molar-refractivity contribution is 0.579. The molecule has 1 N–H and O–H groups in total. The molecule has 23 heavy (non-hydrogen) atoms. The lowest BCUT2D eigenvalue weighted by atomic mass is 10.2. The molecule has 120 valence electrons. The second-order valence-corrected chi connectivity index (χ2v) is 6.75. The zero-order valence-corrected chi connectivity index (χ0v) is 14.6. The number of nitrogens with zero attached hydrogens (tertiary/aromatic N) is 3. The van der Waals surface area contributed by atoms with Crippen molar-refractivity contribution >= 4 is 11.3 Å². The molecule has 0 saturated carbocycles. The summed E-state index contributed by atoms with van der Waals surface area (Å²) in [5, 5.41) is 9.06. The van der Waals surface area contributed by atoms with E-state index in [4.69, 9.17) is 0 Å². The highest BCUT2D eigenvalue weighted by Gasteiger charge is 2.13. The van der Waals surface area contributed by atoms with Crippen LogP contribution in [0, 0.1) is 6.92 Å². The number of thiazole rings is 1. The summed E-state index contributed by atoms with van der Waals surface area (Å²) in [7, 11) is 0. The third-order valence-corrected chi connectivity index (χ3v) is 5.37. The molecule has 0 saturated heterocycles. The molecule has 1 aromatic carbocycles. The third-order valence-electron chi connectivity index (χ3n) is 3.89. The summed E-state index contributed by atoms with van der Waals surface area (Å²) in [6.07, 6.45) is 4.75. The van der Waals surface area contributed by atoms with Gasteiger partial charge in [0.05, 0.1) is 16.4 Å². The highest BCUT2D eigenvalue weighted by Crippen LogP contribution is 2.25. The average molecular weight is 326 g/mol. The molecular weight excluding hydrogens is 304 g/mol. The van der Waals surface area contributed by atoms with Gasteiger partial charge in [0.25, 0.3) is 0 Å². The van der Waals surface area contributed by atoms with Gasteiger partial charge in [-0.1, -0.05) is 19.1 Å². The van der Waals surface area contributed by atoms with E-state index in [1.807, 2.05) is 28.3 Å². The largest absolute Gasteiger partial charge is 0.305 e. The predicted molar refractivity (Wildman–Crippen MR) is 95.0 cm³/mol. The molecule has 0 aliphatic rings. The molecule has 0 spiro atoms. The van der Waals surface area contributed by atoms with E-state index < -0.39 is 0 Å². The van der Waals surface area contributed by atoms with Crippen LogP contribution in [-0.4, -0.2) is 14.8 Å². The van der Waals surface area contributed by atoms with Crippen molar-refractivity contribution in [2.24, 2.45) is 0 Å². The van der Waals surface area contributed by atoms with Crippen LogP contribution in [0.3, 0.4) is 0 Å². The molecule has 3 rings (SSSR count). The normalized spacial score (nSPS) is 12.5. The zero-order valence-electron chi connectivity index (χ0n) is 13.8. The van der Waals surface area contributed by atoms with Gasteiger partial charge in [0.1, 0.15) is 0 Å². The first-order chi connectivity index (χ1) is 11.2. The number of benzene rings is 1. The summed E-state index contributed by atoms with van der Waals surface area (Å²) in [6.45, 7) is 7.31. The fourth-order valence-electron chi connectivity index (χ4n) is 2.57. The molecule has 0 aliphatic carbocycles. The number of rotatable bonds is 6. The molecular formula is C18H22N4S. The van der Waals surface area contributed by atoms with Crippen molar-refractivity contribution in [1.29, 1.82) is 0 Å². The van der Waals surface area contributed by atoms with E-state index in [9.17, 15) is 0 Å². The van der Waals surface area contributed by atoms with Crippen molar-refractivity contribution in [3.8, 4) is 5.69 Å². The van der Waals surface area contributed by atoms with E-state index in [0.29, 0.717) is 6.04 Å². The van der Waals surface area contributed by atoms with Crippen LogP contribution < -0.4 is 5.32 Å². The molecule has 2 aromatic heterocycles. The molecule has 1 unspecified atom stereocenters. The molecule has 5 heteroatoms. The standard InChI is InChI=1S/C18H22N4S/c1-4-17-21-14(3)18(23-17)13(2)19-12-15-6-8-16(9-7-15)22-11-5-10-20-22/h5-11,13,19H,4,12H2,1-3H3. The minimum Gasteiger partial charge on any atom is -0.305 e. The van der Waals surface area contributed by atoms with Gasteiger partial charge in [-0.15, -0.1) is 11.3 Å². The second-order valence-electron chi connectivity index (χ2n) is 5.63. The van der Waals surface area contributed by atoms with Crippen LogP contribution in [0.1, 0.15) is 41.0 Å². The van der Waals surface area contributed by atoms with E-state index >= 15 is 0 Å². The SMILES string of the molecule is CCc1nc(C)c(C(C)NCc2ccc(-n3cccn3)cc2)s1. The first kappa shape index (κ1) is 15.9. The lowest BCUT2D eigenvalue weighted by Gasteiger charge is -2.13. The van der Waals surface area contributed by atoms with E-state index in [-0.39, 0.29) is 0 Å². The van der Waals surface area contributed by atoms with Crippen molar-refractivity contribution in [2.75, 3.05) is 0 Å². The van der Waals surface area contributed by atoms with Crippen LogP contribution in [-0.2, 0) is 13.0 Å². The van der Waals surface area contributed by atoms with Gasteiger partial charge in [0.2, 0.25) is 0 Å². The van der Waals surface area contributed by atoms with Crippen molar-refractivity contribution in [2.45, 2.75) is 39.8 Å². The second kappa shape index (κ2) is 7.06. The number of hydrogen-bond acceptors (Lipinski definition) is 4. The zero-order chi connectivity index (χ0) is 16.2. The van der Waals surface area contributed by atoms with Gasteiger partial charge in [-0.05, 0) is 44.0 Å². The van der Waals surface area contributed by atoms with Gasteiger partial charge in [-0.2, -0.15) is 5.10 Å². The quantitative estimate of drug-likeness (QED) is 0.743. The summed E-state index contributed by atoms with van der Waals surface area (Å²) < 4.78 is 1.87.